The van der Waals surface area contributed by atoms with Crippen LogP contribution in [-0.4, -0.2) is 50.0 Å². The summed E-state index contributed by atoms with van der Waals surface area (Å²) in [5, 5.41) is 8.57. The highest BCUT2D eigenvalue weighted by atomic mass is 32.2. The lowest BCUT2D eigenvalue weighted by atomic mass is 9.99. The van der Waals surface area contributed by atoms with Crippen molar-refractivity contribution in [3.05, 3.63) is 42.9 Å². The number of H-pyrrole nitrogens is 1. The molecular weight excluding hydrogens is 350 g/mol. The fourth-order valence-corrected chi connectivity index (χ4v) is 3.98. The second-order valence-corrected chi connectivity index (χ2v) is 7.24. The number of nitrogens with zero attached hydrogens (tertiary/aromatic N) is 4. The number of hydrogen-bond donors (Lipinski definition) is 1. The van der Waals surface area contributed by atoms with E-state index in [2.05, 4.69) is 20.2 Å². The number of hydrogen-bond acceptors (Lipinski definition) is 6. The number of aromatic amines is 1. The Morgan fingerprint density at radius 2 is 2.15 bits per heavy atom. The van der Waals surface area contributed by atoms with Gasteiger partial charge >= 0.3 is 6.09 Å². The van der Waals surface area contributed by atoms with Crippen LogP contribution >= 0.6 is 11.8 Å². The van der Waals surface area contributed by atoms with Crippen molar-refractivity contribution in [3.8, 4) is 5.75 Å². The Labute approximate surface area is 155 Å². The van der Waals surface area contributed by atoms with E-state index in [-0.39, 0.29) is 6.09 Å². The zero-order valence-corrected chi connectivity index (χ0v) is 15.0. The van der Waals surface area contributed by atoms with E-state index in [1.807, 2.05) is 24.3 Å². The van der Waals surface area contributed by atoms with Gasteiger partial charge in [-0.05, 0) is 37.0 Å². The number of carbonyl (C=O) groups is 1. The number of amides is 1. The lowest BCUT2D eigenvalue weighted by molar-refractivity contribution is 0.134. The lowest BCUT2D eigenvalue weighted by Crippen LogP contribution is -2.40. The zero-order valence-electron chi connectivity index (χ0n) is 14.2. The molecule has 1 N–H and O–H groups in total. The molecule has 3 aromatic rings. The highest BCUT2D eigenvalue weighted by molar-refractivity contribution is 7.99. The number of pyridine rings is 1. The van der Waals surface area contributed by atoms with E-state index in [0.29, 0.717) is 24.8 Å². The van der Waals surface area contributed by atoms with E-state index in [9.17, 15) is 4.79 Å². The van der Waals surface area contributed by atoms with E-state index in [0.717, 1.165) is 34.7 Å². The standard InChI is InChI=1S/C18H19N5O2S/c24-18(25-15-4-3-14-2-1-7-19-16(14)10-15)23-8-5-13(6-9-23)11-26-17-20-12-21-22-17/h1-4,7,10,12-13H,5-6,8-9,11H2,(H,20,21,22). The molecule has 1 saturated heterocycles. The lowest BCUT2D eigenvalue weighted by Gasteiger charge is -2.30. The van der Waals surface area contributed by atoms with Gasteiger partial charge in [0, 0.05) is 36.5 Å². The van der Waals surface area contributed by atoms with Crippen LogP contribution in [0.15, 0.2) is 48.0 Å². The van der Waals surface area contributed by atoms with Crippen LogP contribution in [0.25, 0.3) is 10.9 Å². The Bertz CT molecular complexity index is 878. The number of likely N-dealkylation sites (tertiary alicyclic amines) is 1. The minimum Gasteiger partial charge on any atom is -0.410 e. The molecule has 0 saturated carbocycles. The number of carbonyl (C=O) groups excluding carboxylic acids is 1. The van der Waals surface area contributed by atoms with Crippen LogP contribution < -0.4 is 4.74 Å². The van der Waals surface area contributed by atoms with Crippen LogP contribution in [0.4, 0.5) is 4.79 Å². The van der Waals surface area contributed by atoms with E-state index in [4.69, 9.17) is 4.74 Å². The molecule has 1 amide bonds. The molecular formula is C18H19N5O2S. The third-order valence-electron chi connectivity index (χ3n) is 4.50. The van der Waals surface area contributed by atoms with Crippen molar-refractivity contribution in [1.29, 1.82) is 0 Å². The number of benzene rings is 1. The number of piperidine rings is 1. The number of fused-ring (bicyclic) bond motifs is 1. The summed E-state index contributed by atoms with van der Waals surface area (Å²) in [7, 11) is 0. The van der Waals surface area contributed by atoms with Gasteiger partial charge in [-0.3, -0.25) is 10.1 Å². The second-order valence-electron chi connectivity index (χ2n) is 6.25. The quantitative estimate of drug-likeness (QED) is 0.710. The predicted molar refractivity (Wildman–Crippen MR) is 99.2 cm³/mol. The van der Waals surface area contributed by atoms with Crippen molar-refractivity contribution in [2.45, 2.75) is 18.0 Å². The first-order valence-electron chi connectivity index (χ1n) is 8.58. The molecule has 134 valence electrons. The van der Waals surface area contributed by atoms with Gasteiger partial charge < -0.3 is 9.64 Å². The van der Waals surface area contributed by atoms with Gasteiger partial charge in [-0.25, -0.2) is 9.78 Å². The van der Waals surface area contributed by atoms with Crippen molar-refractivity contribution in [3.63, 3.8) is 0 Å². The Hall–Kier alpha value is -2.61. The number of thioether (sulfide) groups is 1. The maximum absolute atomic E-state index is 12.4. The van der Waals surface area contributed by atoms with Gasteiger partial charge in [0.25, 0.3) is 0 Å². The monoisotopic (exact) mass is 369 g/mol. The van der Waals surface area contributed by atoms with E-state index in [1.54, 1.807) is 35.3 Å². The first-order valence-corrected chi connectivity index (χ1v) is 9.56. The molecule has 0 aliphatic carbocycles. The van der Waals surface area contributed by atoms with Gasteiger partial charge in [0.1, 0.15) is 12.1 Å². The molecule has 8 heteroatoms. The van der Waals surface area contributed by atoms with E-state index >= 15 is 0 Å². The molecule has 1 aromatic carbocycles. The second kappa shape index (κ2) is 7.74. The Balaban J connectivity index is 1.28. The SMILES string of the molecule is O=C(Oc1ccc2cccnc2c1)N1CCC(CSc2nc[nH]n2)CC1. The highest BCUT2D eigenvalue weighted by Gasteiger charge is 2.24. The van der Waals surface area contributed by atoms with Crippen LogP contribution in [0.1, 0.15) is 12.8 Å². The average Bonchev–Trinajstić information content (AvgIpc) is 3.20. The maximum atomic E-state index is 12.4. The average molecular weight is 369 g/mol. The van der Waals surface area contributed by atoms with Crippen molar-refractivity contribution < 1.29 is 9.53 Å². The molecule has 0 bridgehead atoms. The van der Waals surface area contributed by atoms with Crippen molar-refractivity contribution >= 4 is 28.8 Å². The van der Waals surface area contributed by atoms with E-state index in [1.165, 1.54) is 0 Å². The van der Waals surface area contributed by atoms with Gasteiger partial charge in [-0.15, -0.1) is 5.10 Å². The van der Waals surface area contributed by atoms with Gasteiger partial charge in [0.2, 0.25) is 5.16 Å². The first kappa shape index (κ1) is 16.8. The number of ether oxygens (including phenoxy) is 1. The minimum absolute atomic E-state index is 0.291. The van der Waals surface area contributed by atoms with Gasteiger partial charge in [-0.1, -0.05) is 17.8 Å². The predicted octanol–water partition coefficient (Wildman–Crippen LogP) is 3.36. The van der Waals surface area contributed by atoms with Crippen molar-refractivity contribution in [1.82, 2.24) is 25.1 Å². The zero-order chi connectivity index (χ0) is 17.8. The summed E-state index contributed by atoms with van der Waals surface area (Å²) in [6.45, 7) is 1.42. The molecule has 4 rings (SSSR count). The molecule has 0 radical (unpaired) electrons. The van der Waals surface area contributed by atoms with E-state index < -0.39 is 0 Å². The summed E-state index contributed by atoms with van der Waals surface area (Å²) in [6, 6.07) is 9.39. The van der Waals surface area contributed by atoms with Crippen LogP contribution in [0.2, 0.25) is 0 Å². The van der Waals surface area contributed by atoms with Gasteiger partial charge in [0.15, 0.2) is 0 Å². The summed E-state index contributed by atoms with van der Waals surface area (Å²) in [5.74, 6) is 2.06. The Morgan fingerprint density at radius 1 is 1.27 bits per heavy atom. The first-order chi connectivity index (χ1) is 12.8. The van der Waals surface area contributed by atoms with Gasteiger partial charge in [0.05, 0.1) is 5.52 Å². The Kier molecular flexibility index (Phi) is 5.01. The normalized spacial score (nSPS) is 15.3. The molecule has 1 aliphatic rings. The molecule has 1 aliphatic heterocycles. The third kappa shape index (κ3) is 3.96. The topological polar surface area (TPSA) is 84.0 Å². The summed E-state index contributed by atoms with van der Waals surface area (Å²) in [5.41, 5.74) is 0.820. The number of nitrogens with one attached hydrogen (secondary N) is 1. The molecule has 0 unspecified atom stereocenters. The number of rotatable bonds is 4. The largest absolute Gasteiger partial charge is 0.415 e. The molecule has 1 fully saturated rings. The smallest absolute Gasteiger partial charge is 0.410 e. The van der Waals surface area contributed by atoms with Crippen molar-refractivity contribution in [2.24, 2.45) is 5.92 Å². The molecule has 3 heterocycles. The Morgan fingerprint density at radius 3 is 2.96 bits per heavy atom. The molecule has 7 nitrogen and oxygen atoms in total. The van der Waals surface area contributed by atoms with Crippen molar-refractivity contribution in [2.75, 3.05) is 18.8 Å². The molecule has 0 atom stereocenters. The fourth-order valence-electron chi connectivity index (χ4n) is 3.02. The van der Waals surface area contributed by atoms with Crippen LogP contribution in [0.5, 0.6) is 5.75 Å². The summed E-state index contributed by atoms with van der Waals surface area (Å²) < 4.78 is 5.53. The van der Waals surface area contributed by atoms with Gasteiger partial charge in [-0.2, -0.15) is 0 Å². The summed E-state index contributed by atoms with van der Waals surface area (Å²) >= 11 is 1.65. The third-order valence-corrected chi connectivity index (χ3v) is 5.59. The molecule has 0 spiro atoms. The van der Waals surface area contributed by atoms with Crippen LogP contribution in [0, 0.1) is 5.92 Å². The van der Waals surface area contributed by atoms with Crippen LogP contribution in [0.3, 0.4) is 0 Å². The number of aromatic nitrogens is 4. The van der Waals surface area contributed by atoms with Crippen LogP contribution in [-0.2, 0) is 0 Å². The fraction of sp³-hybridized carbons (Fsp3) is 0.333. The molecule has 2 aromatic heterocycles. The summed E-state index contributed by atoms with van der Waals surface area (Å²) in [6.07, 6.45) is 4.95. The summed E-state index contributed by atoms with van der Waals surface area (Å²) in [4.78, 5) is 22.6. The molecule has 26 heavy (non-hydrogen) atoms. The maximum Gasteiger partial charge on any atom is 0.415 e. The minimum atomic E-state index is -0.291. The highest BCUT2D eigenvalue weighted by Crippen LogP contribution is 2.25.